The van der Waals surface area contributed by atoms with Gasteiger partial charge in [0.15, 0.2) is 5.13 Å². The molecule has 0 bridgehead atoms. The molecule has 146 valence electrons. The summed E-state index contributed by atoms with van der Waals surface area (Å²) in [6.45, 7) is 2.48. The zero-order valence-corrected chi connectivity index (χ0v) is 15.5. The number of hydrogen-bond acceptors (Lipinski definition) is 5. The highest BCUT2D eigenvalue weighted by Crippen LogP contribution is 2.30. The lowest BCUT2D eigenvalue weighted by Gasteiger charge is -2.38. The Bertz CT molecular complexity index is 977. The molecule has 10 heteroatoms. The Hall–Kier alpha value is -2.88. The fraction of sp³-hybridized carbons (Fsp3) is 0.278. The minimum absolute atomic E-state index is 0.106. The topological polar surface area (TPSA) is 60.2 Å². The number of rotatable bonds is 4. The van der Waals surface area contributed by atoms with Gasteiger partial charge in [-0.25, -0.2) is 9.97 Å². The highest BCUT2D eigenvalue weighted by atomic mass is 32.1. The van der Waals surface area contributed by atoms with Crippen LogP contribution in [-0.2, 0) is 6.18 Å². The lowest BCUT2D eigenvalue weighted by Crippen LogP contribution is -2.56. The van der Waals surface area contributed by atoms with E-state index in [1.807, 2.05) is 29.1 Å². The Kier molecular flexibility index (Phi) is 4.58. The standard InChI is InChI=1S/C18H15F3N4O2S/c1-11-15(28-17(23-11)24-6-2-3-7-24)16(26)25-9-13(10-25)27-14-5-4-12(8-22-14)18(19,20)21/h2-8,13H,9-10H2,1H3. The van der Waals surface area contributed by atoms with Gasteiger partial charge in [0, 0.05) is 24.7 Å². The predicted molar refractivity (Wildman–Crippen MR) is 95.7 cm³/mol. The second kappa shape index (κ2) is 6.93. The van der Waals surface area contributed by atoms with Gasteiger partial charge < -0.3 is 14.2 Å². The highest BCUT2D eigenvalue weighted by molar-refractivity contribution is 7.16. The van der Waals surface area contributed by atoms with Crippen molar-refractivity contribution in [3.8, 4) is 11.0 Å². The van der Waals surface area contributed by atoms with E-state index >= 15 is 0 Å². The van der Waals surface area contributed by atoms with Crippen LogP contribution in [0.4, 0.5) is 13.2 Å². The van der Waals surface area contributed by atoms with E-state index in [0.717, 1.165) is 12.3 Å². The van der Waals surface area contributed by atoms with E-state index < -0.39 is 11.7 Å². The lowest BCUT2D eigenvalue weighted by atomic mass is 10.1. The van der Waals surface area contributed by atoms with Crippen molar-refractivity contribution in [2.75, 3.05) is 13.1 Å². The molecule has 0 atom stereocenters. The number of likely N-dealkylation sites (tertiary alicyclic amines) is 1. The number of amides is 1. The molecule has 1 aliphatic rings. The zero-order valence-electron chi connectivity index (χ0n) is 14.7. The molecule has 1 amide bonds. The SMILES string of the molecule is Cc1nc(-n2cccc2)sc1C(=O)N1CC(Oc2ccc(C(F)(F)F)cn2)C1. The smallest absolute Gasteiger partial charge is 0.417 e. The molecule has 0 unspecified atom stereocenters. The molecular formula is C18H15F3N4O2S. The Morgan fingerprint density at radius 2 is 1.96 bits per heavy atom. The van der Waals surface area contributed by atoms with E-state index in [4.69, 9.17) is 4.74 Å². The summed E-state index contributed by atoms with van der Waals surface area (Å²) in [6.07, 6.45) is -0.281. The van der Waals surface area contributed by atoms with Gasteiger partial charge in [-0.05, 0) is 25.1 Å². The number of halogens is 3. The fourth-order valence-corrected chi connectivity index (χ4v) is 3.77. The first-order valence-corrected chi connectivity index (χ1v) is 9.23. The maximum atomic E-state index is 12.7. The van der Waals surface area contributed by atoms with Gasteiger partial charge in [0.2, 0.25) is 5.88 Å². The summed E-state index contributed by atoms with van der Waals surface area (Å²) in [6, 6.07) is 5.87. The molecule has 1 saturated heterocycles. The number of carbonyl (C=O) groups is 1. The highest BCUT2D eigenvalue weighted by Gasteiger charge is 2.35. The van der Waals surface area contributed by atoms with Gasteiger partial charge in [-0.2, -0.15) is 13.2 Å². The molecule has 4 heterocycles. The first-order valence-electron chi connectivity index (χ1n) is 8.41. The third-order valence-corrected chi connectivity index (χ3v) is 5.45. The van der Waals surface area contributed by atoms with Crippen molar-refractivity contribution in [1.29, 1.82) is 0 Å². The van der Waals surface area contributed by atoms with Gasteiger partial charge in [0.1, 0.15) is 11.0 Å². The molecule has 3 aromatic heterocycles. The van der Waals surface area contributed by atoms with Crippen LogP contribution < -0.4 is 4.74 Å². The first kappa shape index (κ1) is 18.5. The van der Waals surface area contributed by atoms with Crippen molar-refractivity contribution < 1.29 is 22.7 Å². The summed E-state index contributed by atoms with van der Waals surface area (Å²) in [5.41, 5.74) is -0.170. The summed E-state index contributed by atoms with van der Waals surface area (Å²) >= 11 is 1.31. The van der Waals surface area contributed by atoms with E-state index in [2.05, 4.69) is 9.97 Å². The van der Waals surface area contributed by atoms with Crippen molar-refractivity contribution >= 4 is 17.2 Å². The van der Waals surface area contributed by atoms with Crippen molar-refractivity contribution in [2.24, 2.45) is 0 Å². The molecule has 6 nitrogen and oxygen atoms in total. The molecule has 4 rings (SSSR count). The molecule has 0 N–H and O–H groups in total. The van der Waals surface area contributed by atoms with Crippen LogP contribution in [0, 0.1) is 6.92 Å². The summed E-state index contributed by atoms with van der Waals surface area (Å²) < 4.78 is 45.0. The van der Waals surface area contributed by atoms with E-state index in [1.54, 1.807) is 11.8 Å². The van der Waals surface area contributed by atoms with Gasteiger partial charge in [-0.3, -0.25) is 4.79 Å². The number of nitrogens with zero attached hydrogens (tertiary/aromatic N) is 4. The van der Waals surface area contributed by atoms with E-state index in [1.165, 1.54) is 17.4 Å². The van der Waals surface area contributed by atoms with Crippen LogP contribution in [0.25, 0.3) is 5.13 Å². The molecule has 1 fully saturated rings. The van der Waals surface area contributed by atoms with Crippen LogP contribution >= 0.6 is 11.3 Å². The third-order valence-electron chi connectivity index (χ3n) is 4.29. The number of hydrogen-bond donors (Lipinski definition) is 0. The van der Waals surface area contributed by atoms with Gasteiger partial charge >= 0.3 is 6.18 Å². The molecule has 0 saturated carbocycles. The summed E-state index contributed by atoms with van der Waals surface area (Å²) in [5.74, 6) is -0.0254. The molecule has 0 radical (unpaired) electrons. The number of alkyl halides is 3. The molecule has 0 aliphatic carbocycles. The molecule has 1 aliphatic heterocycles. The third kappa shape index (κ3) is 3.59. The average Bonchev–Trinajstić information content (AvgIpc) is 3.26. The number of thiazole rings is 1. The van der Waals surface area contributed by atoms with E-state index in [0.29, 0.717) is 28.8 Å². The second-order valence-electron chi connectivity index (χ2n) is 6.33. The quantitative estimate of drug-likeness (QED) is 0.662. The number of pyridine rings is 1. The number of aromatic nitrogens is 3. The largest absolute Gasteiger partial charge is 0.471 e. The fourth-order valence-electron chi connectivity index (χ4n) is 2.76. The summed E-state index contributed by atoms with van der Waals surface area (Å²) in [4.78, 5) is 23.0. The van der Waals surface area contributed by atoms with Crippen LogP contribution in [0.15, 0.2) is 42.9 Å². The lowest BCUT2D eigenvalue weighted by molar-refractivity contribution is -0.137. The molecule has 28 heavy (non-hydrogen) atoms. The van der Waals surface area contributed by atoms with Gasteiger partial charge in [-0.1, -0.05) is 11.3 Å². The van der Waals surface area contributed by atoms with Crippen LogP contribution in [0.5, 0.6) is 5.88 Å². The number of ether oxygens (including phenoxy) is 1. The first-order chi connectivity index (χ1) is 13.3. The number of aryl methyl sites for hydroxylation is 1. The minimum Gasteiger partial charge on any atom is -0.471 e. The molecule has 0 spiro atoms. The van der Waals surface area contributed by atoms with Crippen LogP contribution in [0.2, 0.25) is 0 Å². The Morgan fingerprint density at radius 3 is 2.57 bits per heavy atom. The van der Waals surface area contributed by atoms with Crippen LogP contribution in [0.3, 0.4) is 0 Å². The Morgan fingerprint density at radius 1 is 1.25 bits per heavy atom. The predicted octanol–water partition coefficient (Wildman–Crippen LogP) is 3.56. The monoisotopic (exact) mass is 408 g/mol. The molecule has 3 aromatic rings. The van der Waals surface area contributed by atoms with Gasteiger partial charge in [0.05, 0.1) is 24.3 Å². The average molecular weight is 408 g/mol. The number of carbonyl (C=O) groups excluding carboxylic acids is 1. The van der Waals surface area contributed by atoms with Crippen molar-refractivity contribution in [3.63, 3.8) is 0 Å². The zero-order chi connectivity index (χ0) is 19.9. The van der Waals surface area contributed by atoms with Crippen LogP contribution in [-0.4, -0.2) is 44.5 Å². The van der Waals surface area contributed by atoms with Crippen LogP contribution in [0.1, 0.15) is 20.9 Å². The minimum atomic E-state index is -4.43. The van der Waals surface area contributed by atoms with Gasteiger partial charge in [0.25, 0.3) is 5.91 Å². The second-order valence-corrected chi connectivity index (χ2v) is 7.31. The Labute approximate surface area is 162 Å². The summed E-state index contributed by atoms with van der Waals surface area (Å²) in [7, 11) is 0. The van der Waals surface area contributed by atoms with Crippen molar-refractivity contribution in [2.45, 2.75) is 19.2 Å². The molecular weight excluding hydrogens is 393 g/mol. The van der Waals surface area contributed by atoms with Crippen molar-refractivity contribution in [3.05, 3.63) is 59.0 Å². The Balaban J connectivity index is 1.36. The maximum Gasteiger partial charge on any atom is 0.417 e. The normalized spacial score (nSPS) is 14.8. The van der Waals surface area contributed by atoms with Gasteiger partial charge in [-0.15, -0.1) is 0 Å². The maximum absolute atomic E-state index is 12.7. The van der Waals surface area contributed by atoms with E-state index in [-0.39, 0.29) is 17.9 Å². The van der Waals surface area contributed by atoms with E-state index in [9.17, 15) is 18.0 Å². The van der Waals surface area contributed by atoms with Crippen molar-refractivity contribution in [1.82, 2.24) is 19.4 Å². The summed E-state index contributed by atoms with van der Waals surface area (Å²) in [5, 5.41) is 0.716. The molecule has 0 aromatic carbocycles.